The number of carbonyl (C=O) groups is 1. The third-order valence-electron chi connectivity index (χ3n) is 5.44. The lowest BCUT2D eigenvalue weighted by Gasteiger charge is -2.32. The van der Waals surface area contributed by atoms with Crippen molar-refractivity contribution in [3.63, 3.8) is 0 Å². The van der Waals surface area contributed by atoms with E-state index in [0.717, 1.165) is 38.3 Å². The minimum absolute atomic E-state index is 0.0113. The van der Waals surface area contributed by atoms with Crippen molar-refractivity contribution >= 4 is 5.91 Å². The smallest absolute Gasteiger partial charge is 0.254 e. The van der Waals surface area contributed by atoms with E-state index in [1.165, 1.54) is 0 Å². The molecule has 2 aromatic rings. The van der Waals surface area contributed by atoms with E-state index in [-0.39, 0.29) is 5.91 Å². The second-order valence-corrected chi connectivity index (χ2v) is 7.46. The van der Waals surface area contributed by atoms with Crippen LogP contribution in [0.2, 0.25) is 0 Å². The van der Waals surface area contributed by atoms with E-state index in [9.17, 15) is 4.79 Å². The zero-order chi connectivity index (χ0) is 21.5. The molecule has 164 valence electrons. The summed E-state index contributed by atoms with van der Waals surface area (Å²) in [5.41, 5.74) is 0.578. The number of hydrogen-bond donors (Lipinski definition) is 0. The molecule has 1 aliphatic heterocycles. The Bertz CT molecular complexity index is 814. The van der Waals surface area contributed by atoms with Crippen LogP contribution >= 0.6 is 0 Å². The second kappa shape index (κ2) is 10.4. The molecule has 0 N–H and O–H groups in total. The first-order valence-electron chi connectivity index (χ1n) is 10.9. The lowest BCUT2D eigenvalue weighted by molar-refractivity contribution is 0.0681. The second-order valence-electron chi connectivity index (χ2n) is 7.46. The van der Waals surface area contributed by atoms with E-state index in [0.29, 0.717) is 48.6 Å². The maximum Gasteiger partial charge on any atom is 0.254 e. The lowest BCUT2D eigenvalue weighted by atomic mass is 9.96. The van der Waals surface area contributed by atoms with Gasteiger partial charge in [0.2, 0.25) is 5.75 Å². The predicted octanol–water partition coefficient (Wildman–Crippen LogP) is 3.94. The number of benzene rings is 1. The molecule has 7 nitrogen and oxygen atoms in total. The fourth-order valence-electron chi connectivity index (χ4n) is 3.89. The van der Waals surface area contributed by atoms with Gasteiger partial charge in [0.15, 0.2) is 11.5 Å². The van der Waals surface area contributed by atoms with Crippen molar-refractivity contribution in [3.05, 3.63) is 35.9 Å². The van der Waals surface area contributed by atoms with Crippen LogP contribution in [0.5, 0.6) is 17.2 Å². The molecule has 1 aromatic carbocycles. The summed E-state index contributed by atoms with van der Waals surface area (Å²) in [5, 5.41) is 0. The Kier molecular flexibility index (Phi) is 7.60. The maximum absolute atomic E-state index is 13.2. The highest BCUT2D eigenvalue weighted by atomic mass is 16.5. The predicted molar refractivity (Wildman–Crippen MR) is 116 cm³/mol. The summed E-state index contributed by atoms with van der Waals surface area (Å²) in [6.45, 7) is 11.7. The van der Waals surface area contributed by atoms with Gasteiger partial charge in [0.1, 0.15) is 5.82 Å². The van der Waals surface area contributed by atoms with Gasteiger partial charge in [-0.2, -0.15) is 0 Å². The molecule has 0 spiro atoms. The van der Waals surface area contributed by atoms with Crippen molar-refractivity contribution in [2.75, 3.05) is 32.9 Å². The average molecular weight is 416 g/mol. The molecule has 7 heteroatoms. The molecule has 1 fully saturated rings. The van der Waals surface area contributed by atoms with Crippen molar-refractivity contribution in [2.24, 2.45) is 5.92 Å². The van der Waals surface area contributed by atoms with Gasteiger partial charge in [-0.1, -0.05) is 0 Å². The summed E-state index contributed by atoms with van der Waals surface area (Å²) in [5.74, 6) is 3.28. The minimum Gasteiger partial charge on any atom is -0.490 e. The third-order valence-corrected chi connectivity index (χ3v) is 5.44. The molecule has 0 aliphatic carbocycles. The number of amides is 1. The van der Waals surface area contributed by atoms with Crippen molar-refractivity contribution < 1.29 is 19.0 Å². The van der Waals surface area contributed by atoms with Crippen LogP contribution in [-0.4, -0.2) is 53.3 Å². The molecule has 1 aliphatic rings. The largest absolute Gasteiger partial charge is 0.490 e. The number of nitrogens with zero attached hydrogens (tertiary/aromatic N) is 3. The molecule has 1 aromatic heterocycles. The van der Waals surface area contributed by atoms with Crippen LogP contribution in [0.25, 0.3) is 0 Å². The Hall–Kier alpha value is -2.70. The fourth-order valence-corrected chi connectivity index (χ4v) is 3.89. The first-order chi connectivity index (χ1) is 14.6. The van der Waals surface area contributed by atoms with Gasteiger partial charge in [0, 0.05) is 37.6 Å². The first-order valence-corrected chi connectivity index (χ1v) is 10.9. The topological polar surface area (TPSA) is 65.8 Å². The molecular weight excluding hydrogens is 382 g/mol. The minimum atomic E-state index is 0.0113. The number of likely N-dealkylation sites (tertiary alicyclic amines) is 1. The zero-order valence-electron chi connectivity index (χ0n) is 18.5. The monoisotopic (exact) mass is 415 g/mol. The van der Waals surface area contributed by atoms with Crippen LogP contribution in [0.15, 0.2) is 24.5 Å². The van der Waals surface area contributed by atoms with E-state index in [1.54, 1.807) is 12.1 Å². The van der Waals surface area contributed by atoms with Gasteiger partial charge in [-0.05, 0) is 58.6 Å². The summed E-state index contributed by atoms with van der Waals surface area (Å²) in [4.78, 5) is 19.4. The molecule has 1 amide bonds. The Morgan fingerprint density at radius 3 is 2.13 bits per heavy atom. The summed E-state index contributed by atoms with van der Waals surface area (Å²) < 4.78 is 19.5. The maximum atomic E-state index is 13.2. The Labute approximate surface area is 178 Å². The standard InChI is InChI=1S/C23H33N3O4/c1-5-28-20-14-19(15-21(29-6-2)22(20)30-7-3)23(27)25-11-8-18(9-12-25)16-26-13-10-24-17(26)4/h10,13-15,18H,5-9,11-12,16H2,1-4H3. The van der Waals surface area contributed by atoms with E-state index >= 15 is 0 Å². The Morgan fingerprint density at radius 2 is 1.63 bits per heavy atom. The summed E-state index contributed by atoms with van der Waals surface area (Å²) in [6, 6.07) is 3.56. The van der Waals surface area contributed by atoms with Crippen molar-refractivity contribution in [1.82, 2.24) is 14.5 Å². The molecule has 1 saturated heterocycles. The molecular formula is C23H33N3O4. The van der Waals surface area contributed by atoms with Crippen LogP contribution in [0.1, 0.15) is 49.8 Å². The third kappa shape index (κ3) is 5.07. The summed E-state index contributed by atoms with van der Waals surface area (Å²) in [6.07, 6.45) is 5.83. The fraction of sp³-hybridized carbons (Fsp3) is 0.565. The van der Waals surface area contributed by atoms with E-state index < -0.39 is 0 Å². The van der Waals surface area contributed by atoms with Crippen LogP contribution < -0.4 is 14.2 Å². The molecule has 0 atom stereocenters. The van der Waals surface area contributed by atoms with Gasteiger partial charge in [-0.15, -0.1) is 0 Å². The van der Waals surface area contributed by atoms with Gasteiger partial charge in [0.25, 0.3) is 5.91 Å². The number of imidazole rings is 1. The van der Waals surface area contributed by atoms with Gasteiger partial charge in [-0.25, -0.2) is 4.98 Å². The molecule has 0 unspecified atom stereocenters. The summed E-state index contributed by atoms with van der Waals surface area (Å²) in [7, 11) is 0. The Balaban J connectivity index is 1.72. The van der Waals surface area contributed by atoms with Crippen LogP contribution in [0.3, 0.4) is 0 Å². The number of rotatable bonds is 9. The number of carbonyl (C=O) groups excluding carboxylic acids is 1. The van der Waals surface area contributed by atoms with Crippen LogP contribution in [-0.2, 0) is 6.54 Å². The number of hydrogen-bond acceptors (Lipinski definition) is 5. The van der Waals surface area contributed by atoms with Gasteiger partial charge in [0.05, 0.1) is 19.8 Å². The van der Waals surface area contributed by atoms with Crippen molar-refractivity contribution in [1.29, 1.82) is 0 Å². The van der Waals surface area contributed by atoms with E-state index in [4.69, 9.17) is 14.2 Å². The lowest BCUT2D eigenvalue weighted by Crippen LogP contribution is -2.39. The number of aromatic nitrogens is 2. The highest BCUT2D eigenvalue weighted by Gasteiger charge is 2.26. The molecule has 30 heavy (non-hydrogen) atoms. The molecule has 2 heterocycles. The number of aryl methyl sites for hydroxylation is 1. The molecule has 0 bridgehead atoms. The van der Waals surface area contributed by atoms with Gasteiger partial charge >= 0.3 is 0 Å². The molecule has 0 saturated carbocycles. The van der Waals surface area contributed by atoms with Gasteiger partial charge < -0.3 is 23.7 Å². The highest BCUT2D eigenvalue weighted by Crippen LogP contribution is 2.39. The summed E-state index contributed by atoms with van der Waals surface area (Å²) >= 11 is 0. The molecule has 3 rings (SSSR count). The van der Waals surface area contributed by atoms with E-state index in [2.05, 4.69) is 9.55 Å². The van der Waals surface area contributed by atoms with Crippen molar-refractivity contribution in [2.45, 2.75) is 47.1 Å². The zero-order valence-corrected chi connectivity index (χ0v) is 18.5. The van der Waals surface area contributed by atoms with Crippen LogP contribution in [0.4, 0.5) is 0 Å². The normalized spacial score (nSPS) is 14.6. The average Bonchev–Trinajstić information content (AvgIpc) is 3.15. The Morgan fingerprint density at radius 1 is 1.03 bits per heavy atom. The number of piperidine rings is 1. The SMILES string of the molecule is CCOc1cc(C(=O)N2CCC(Cn3ccnc3C)CC2)cc(OCC)c1OCC. The van der Waals surface area contributed by atoms with Crippen molar-refractivity contribution in [3.8, 4) is 17.2 Å². The first kappa shape index (κ1) is 22.0. The highest BCUT2D eigenvalue weighted by molar-refractivity contribution is 5.95. The van der Waals surface area contributed by atoms with E-state index in [1.807, 2.05) is 45.0 Å². The van der Waals surface area contributed by atoms with Gasteiger partial charge in [-0.3, -0.25) is 4.79 Å². The quantitative estimate of drug-likeness (QED) is 0.621. The number of ether oxygens (including phenoxy) is 3. The molecule has 0 radical (unpaired) electrons. The van der Waals surface area contributed by atoms with Crippen LogP contribution in [0, 0.1) is 12.8 Å².